The molecule has 6 atom stereocenters. The first-order valence-corrected chi connectivity index (χ1v) is 12.6. The number of carbonyl (C=O) groups is 6. The molecule has 6 amide bonds. The van der Waals surface area contributed by atoms with Gasteiger partial charge in [-0.2, -0.15) is 0 Å². The van der Waals surface area contributed by atoms with Gasteiger partial charge in [0.25, 0.3) is 0 Å². The summed E-state index contributed by atoms with van der Waals surface area (Å²) in [6, 6.07) is -6.86. The van der Waals surface area contributed by atoms with Crippen LogP contribution in [0.5, 0.6) is 0 Å². The number of amides is 6. The van der Waals surface area contributed by atoms with Gasteiger partial charge < -0.3 is 52.5 Å². The van der Waals surface area contributed by atoms with Crippen molar-refractivity contribution in [2.24, 2.45) is 11.5 Å². The molecule has 0 aromatic carbocycles. The van der Waals surface area contributed by atoms with Gasteiger partial charge in [-0.3, -0.25) is 28.8 Å². The number of primary amides is 1. The topological polar surface area (TPSA) is 258 Å². The Morgan fingerprint density at radius 1 is 1.10 bits per heavy atom. The minimum Gasteiger partial charge on any atom is -0.394 e. The lowest BCUT2D eigenvalue weighted by molar-refractivity contribution is -0.147. The second-order valence-corrected chi connectivity index (χ2v) is 9.48. The largest absolute Gasteiger partial charge is 0.394 e. The molecule has 0 spiro atoms. The number of aliphatic hydroxyl groups is 3. The van der Waals surface area contributed by atoms with E-state index < -0.39 is 85.0 Å². The molecule has 1 saturated heterocycles. The van der Waals surface area contributed by atoms with Crippen LogP contribution in [0.15, 0.2) is 0 Å². The van der Waals surface area contributed by atoms with E-state index in [1.165, 1.54) is 21.0 Å². The Balaban J connectivity index is 3.38. The van der Waals surface area contributed by atoms with E-state index in [0.717, 1.165) is 9.80 Å². The molecule has 16 heteroatoms. The zero-order chi connectivity index (χ0) is 29.9. The quantitative estimate of drug-likeness (QED) is 0.153. The van der Waals surface area contributed by atoms with Gasteiger partial charge in [-0.25, -0.2) is 0 Å². The van der Waals surface area contributed by atoms with Crippen molar-refractivity contribution >= 4 is 35.4 Å². The van der Waals surface area contributed by atoms with E-state index in [1.807, 2.05) is 0 Å². The van der Waals surface area contributed by atoms with Gasteiger partial charge in [0, 0.05) is 27.1 Å². The summed E-state index contributed by atoms with van der Waals surface area (Å²) in [7, 11) is 2.41. The summed E-state index contributed by atoms with van der Waals surface area (Å²) >= 11 is 0. The summed E-state index contributed by atoms with van der Waals surface area (Å²) < 4.78 is 0. The van der Waals surface area contributed by atoms with Gasteiger partial charge in [0.1, 0.15) is 30.2 Å². The van der Waals surface area contributed by atoms with E-state index in [1.54, 1.807) is 0 Å². The molecule has 1 heterocycles. The van der Waals surface area contributed by atoms with Gasteiger partial charge in [0.05, 0.1) is 19.3 Å². The lowest BCUT2D eigenvalue weighted by Crippen LogP contribution is -2.62. The van der Waals surface area contributed by atoms with Gasteiger partial charge in [-0.05, 0) is 32.6 Å². The molecule has 1 aliphatic heterocycles. The summed E-state index contributed by atoms with van der Waals surface area (Å²) in [5.41, 5.74) is 11.0. The summed E-state index contributed by atoms with van der Waals surface area (Å²) in [6.45, 7) is -0.109. The van der Waals surface area contributed by atoms with Gasteiger partial charge in [0.2, 0.25) is 35.4 Å². The highest BCUT2D eigenvalue weighted by Gasteiger charge is 2.38. The maximum atomic E-state index is 13.3. The summed E-state index contributed by atoms with van der Waals surface area (Å²) in [5, 5.41) is 36.8. The number of rotatable bonds is 6. The molecule has 0 aromatic rings. The Hall–Kier alpha value is -3.34. The van der Waals surface area contributed by atoms with E-state index in [4.69, 9.17) is 11.5 Å². The minimum absolute atomic E-state index is 0.138. The fraction of sp³-hybridized carbons (Fsp3) is 0.739. The predicted molar refractivity (Wildman–Crippen MR) is 136 cm³/mol. The molecule has 10 N–H and O–H groups in total. The smallest absolute Gasteiger partial charge is 0.248 e. The van der Waals surface area contributed by atoms with Gasteiger partial charge in [-0.15, -0.1) is 0 Å². The number of hydrogen-bond acceptors (Lipinski definition) is 10. The number of likely N-dealkylation sites (N-methyl/N-ethyl adjacent to an activating group) is 2. The van der Waals surface area contributed by atoms with Crippen LogP contribution in [0.3, 0.4) is 0 Å². The first-order valence-electron chi connectivity index (χ1n) is 12.6. The third kappa shape index (κ3) is 9.72. The van der Waals surface area contributed by atoms with Crippen LogP contribution in [0.2, 0.25) is 0 Å². The highest BCUT2D eigenvalue weighted by atomic mass is 16.3. The van der Waals surface area contributed by atoms with Crippen molar-refractivity contribution in [3.05, 3.63) is 0 Å². The first kappa shape index (κ1) is 33.7. The third-order valence-corrected chi connectivity index (χ3v) is 6.52. The molecule has 39 heavy (non-hydrogen) atoms. The summed E-state index contributed by atoms with van der Waals surface area (Å²) in [6.07, 6.45) is -0.905. The maximum absolute atomic E-state index is 13.3. The molecule has 0 aromatic heterocycles. The number of hydrogen-bond donors (Lipinski definition) is 8. The van der Waals surface area contributed by atoms with Crippen LogP contribution < -0.4 is 27.4 Å². The van der Waals surface area contributed by atoms with E-state index in [2.05, 4.69) is 16.0 Å². The SMILES string of the molecule is CC(O)C1NC(=O)C(N(C)C(=O)C(N)CO)CCC(=O)NCCCCC(C(N)=O)NC(=O)C(CO)N(C)C1=O. The fourth-order valence-electron chi connectivity index (χ4n) is 4.00. The molecular weight excluding hydrogens is 518 g/mol. The normalized spacial score (nSPS) is 26.3. The highest BCUT2D eigenvalue weighted by Crippen LogP contribution is 2.12. The van der Waals surface area contributed by atoms with Crippen molar-refractivity contribution in [2.75, 3.05) is 33.9 Å². The second-order valence-electron chi connectivity index (χ2n) is 9.48. The molecule has 0 bridgehead atoms. The van der Waals surface area contributed by atoms with Crippen molar-refractivity contribution in [3.63, 3.8) is 0 Å². The standard InChI is InChI=1S/C23H41N7O9/c1-12(33)18-23(39)30(3)16(11-32)21(37)27-14(19(25)35)6-4-5-9-26-17(34)8-7-15(20(36)28-18)29(2)22(38)13(24)10-31/h12-16,18,31-33H,4-11,24H2,1-3H3,(H2,25,35)(H,26,34)(H,27,37)(H,28,36). The van der Waals surface area contributed by atoms with Crippen LogP contribution in [0.4, 0.5) is 0 Å². The molecule has 0 saturated carbocycles. The Morgan fingerprint density at radius 3 is 2.28 bits per heavy atom. The van der Waals surface area contributed by atoms with Crippen LogP contribution in [-0.2, 0) is 28.8 Å². The van der Waals surface area contributed by atoms with Crippen LogP contribution in [-0.4, -0.2) is 131 Å². The fourth-order valence-corrected chi connectivity index (χ4v) is 4.00. The van der Waals surface area contributed by atoms with Gasteiger partial charge in [-0.1, -0.05) is 0 Å². The lowest BCUT2D eigenvalue weighted by atomic mass is 10.0. The van der Waals surface area contributed by atoms with Crippen LogP contribution in [0.1, 0.15) is 39.0 Å². The molecule has 1 fully saturated rings. The monoisotopic (exact) mass is 559 g/mol. The number of aliphatic hydroxyl groups excluding tert-OH is 3. The second kappa shape index (κ2) is 15.9. The Kier molecular flexibility index (Phi) is 13.8. The van der Waals surface area contributed by atoms with E-state index in [-0.39, 0.29) is 25.8 Å². The lowest BCUT2D eigenvalue weighted by Gasteiger charge is -2.34. The highest BCUT2D eigenvalue weighted by molar-refractivity contribution is 5.96. The van der Waals surface area contributed by atoms with E-state index >= 15 is 0 Å². The van der Waals surface area contributed by atoms with Gasteiger partial charge in [0.15, 0.2) is 0 Å². The minimum atomic E-state index is -1.62. The maximum Gasteiger partial charge on any atom is 0.248 e. The molecule has 0 radical (unpaired) electrons. The van der Waals surface area contributed by atoms with E-state index in [9.17, 15) is 44.1 Å². The number of nitrogens with two attached hydrogens (primary N) is 2. The Labute approximate surface area is 226 Å². The van der Waals surface area contributed by atoms with Crippen molar-refractivity contribution in [1.29, 1.82) is 0 Å². The average molecular weight is 560 g/mol. The van der Waals surface area contributed by atoms with Crippen molar-refractivity contribution < 1.29 is 44.1 Å². The molecule has 1 aliphatic rings. The van der Waals surface area contributed by atoms with Crippen LogP contribution >= 0.6 is 0 Å². The summed E-state index contributed by atoms with van der Waals surface area (Å²) in [4.78, 5) is 78.0. The number of nitrogens with one attached hydrogen (secondary N) is 3. The molecular formula is C23H41N7O9. The number of carbonyl (C=O) groups excluding carboxylic acids is 6. The van der Waals surface area contributed by atoms with Crippen molar-refractivity contribution in [3.8, 4) is 0 Å². The zero-order valence-corrected chi connectivity index (χ0v) is 22.5. The van der Waals surface area contributed by atoms with Crippen molar-refractivity contribution in [1.82, 2.24) is 25.8 Å². The Bertz CT molecular complexity index is 901. The van der Waals surface area contributed by atoms with E-state index in [0.29, 0.717) is 12.8 Å². The Morgan fingerprint density at radius 2 is 1.74 bits per heavy atom. The average Bonchev–Trinajstić information content (AvgIpc) is 2.88. The molecule has 6 unspecified atom stereocenters. The summed E-state index contributed by atoms with van der Waals surface area (Å²) in [5.74, 6) is -4.80. The van der Waals surface area contributed by atoms with Gasteiger partial charge >= 0.3 is 0 Å². The van der Waals surface area contributed by atoms with Crippen LogP contribution in [0, 0.1) is 0 Å². The number of nitrogens with zero attached hydrogens (tertiary/aromatic N) is 2. The third-order valence-electron chi connectivity index (χ3n) is 6.52. The molecule has 0 aliphatic carbocycles. The molecule has 16 nitrogen and oxygen atoms in total. The molecule has 1 rings (SSSR count). The van der Waals surface area contributed by atoms with Crippen molar-refractivity contribution in [2.45, 2.75) is 75.3 Å². The molecule has 222 valence electrons. The first-order chi connectivity index (χ1) is 18.3. The zero-order valence-electron chi connectivity index (χ0n) is 22.5. The van der Waals surface area contributed by atoms with Crippen LogP contribution in [0.25, 0.3) is 0 Å². The predicted octanol–water partition coefficient (Wildman–Crippen LogP) is -5.13.